The molecule has 0 spiro atoms. The molecule has 3 rings (SSSR count). The van der Waals surface area contributed by atoms with Crippen molar-refractivity contribution in [1.82, 2.24) is 20.3 Å². The zero-order valence-electron chi connectivity index (χ0n) is 14.5. The number of carbonyl (C=O) groups is 1. The summed E-state index contributed by atoms with van der Waals surface area (Å²) in [4.78, 5) is 12.0. The summed E-state index contributed by atoms with van der Waals surface area (Å²) in [5, 5.41) is 18.4. The maximum absolute atomic E-state index is 12.0. The van der Waals surface area contributed by atoms with Crippen LogP contribution in [0.25, 0.3) is 5.69 Å². The molecule has 28 heavy (non-hydrogen) atoms. The number of amides is 2. The van der Waals surface area contributed by atoms with Gasteiger partial charge in [0.2, 0.25) is 10.0 Å². The number of aromatic nitrogens is 3. The normalized spacial score (nSPS) is 11.2. The fourth-order valence-corrected chi connectivity index (χ4v) is 3.05. The van der Waals surface area contributed by atoms with Gasteiger partial charge in [-0.15, -0.1) is 16.7 Å². The molecular weight excluding hydrogens is 404 g/mol. The Balaban J connectivity index is 1.59. The van der Waals surface area contributed by atoms with Crippen LogP contribution in [0.5, 0.6) is 0 Å². The number of anilines is 1. The van der Waals surface area contributed by atoms with Crippen LogP contribution >= 0.6 is 11.6 Å². The second-order valence-electron chi connectivity index (χ2n) is 5.84. The Bertz CT molecular complexity index is 1080. The monoisotopic (exact) mass is 420 g/mol. The summed E-state index contributed by atoms with van der Waals surface area (Å²) in [5.41, 5.74) is 2.67. The van der Waals surface area contributed by atoms with Crippen molar-refractivity contribution in [3.05, 3.63) is 66.0 Å². The number of carbonyl (C=O) groups excluding carboxylic acids is 1. The van der Waals surface area contributed by atoms with Crippen LogP contribution in [0.4, 0.5) is 10.5 Å². The topological polar surface area (TPSA) is 132 Å². The molecule has 11 heteroatoms. The van der Waals surface area contributed by atoms with Crippen molar-refractivity contribution in [2.24, 2.45) is 5.14 Å². The van der Waals surface area contributed by atoms with Crippen molar-refractivity contribution < 1.29 is 13.2 Å². The molecule has 0 atom stereocenters. The average molecular weight is 421 g/mol. The molecule has 1 aromatic heterocycles. The summed E-state index contributed by atoms with van der Waals surface area (Å²) < 4.78 is 24.0. The summed E-state index contributed by atoms with van der Waals surface area (Å²) >= 11 is 5.78. The Morgan fingerprint density at radius 3 is 2.61 bits per heavy atom. The number of urea groups is 1. The number of hydrogen-bond acceptors (Lipinski definition) is 5. The number of hydrogen-bond donors (Lipinski definition) is 3. The van der Waals surface area contributed by atoms with Gasteiger partial charge in [-0.25, -0.2) is 23.0 Å². The van der Waals surface area contributed by atoms with E-state index < -0.39 is 16.1 Å². The molecule has 3 aromatic rings. The number of primary sulfonamides is 1. The van der Waals surface area contributed by atoms with Gasteiger partial charge >= 0.3 is 6.03 Å². The Morgan fingerprint density at radius 2 is 1.93 bits per heavy atom. The van der Waals surface area contributed by atoms with E-state index in [1.165, 1.54) is 16.8 Å². The second-order valence-corrected chi connectivity index (χ2v) is 7.66. The molecule has 0 radical (unpaired) electrons. The van der Waals surface area contributed by atoms with Gasteiger partial charge in [0.15, 0.2) is 0 Å². The zero-order valence-corrected chi connectivity index (χ0v) is 16.1. The number of sulfonamides is 1. The highest BCUT2D eigenvalue weighted by atomic mass is 35.5. The molecule has 0 aliphatic heterocycles. The molecule has 2 aromatic carbocycles. The molecule has 0 bridgehead atoms. The molecule has 0 saturated carbocycles. The Labute approximate surface area is 166 Å². The van der Waals surface area contributed by atoms with Crippen LogP contribution in [0.1, 0.15) is 11.3 Å². The number of benzene rings is 2. The lowest BCUT2D eigenvalue weighted by Crippen LogP contribution is -2.28. The van der Waals surface area contributed by atoms with E-state index in [2.05, 4.69) is 20.9 Å². The standard InChI is InChI=1S/C17H17ClN6O3S/c18-9-12-2-1-3-13(8-12)21-17(25)20-10-14-11-24(23-22-14)15-4-6-16(7-5-15)28(19,26)27/h1-8,11H,9-10H2,(H2,19,26,27)(H2,20,21,25). The van der Waals surface area contributed by atoms with Gasteiger partial charge in [0.25, 0.3) is 0 Å². The number of nitrogens with one attached hydrogen (secondary N) is 2. The highest BCUT2D eigenvalue weighted by Gasteiger charge is 2.09. The first kappa shape index (κ1) is 19.8. The Morgan fingerprint density at radius 1 is 1.18 bits per heavy atom. The maximum Gasteiger partial charge on any atom is 0.319 e. The van der Waals surface area contributed by atoms with Crippen LogP contribution in [0.3, 0.4) is 0 Å². The molecule has 0 fully saturated rings. The predicted molar refractivity (Wildman–Crippen MR) is 105 cm³/mol. The van der Waals surface area contributed by atoms with E-state index in [-0.39, 0.29) is 11.4 Å². The number of halogens is 1. The van der Waals surface area contributed by atoms with E-state index in [0.29, 0.717) is 22.9 Å². The summed E-state index contributed by atoms with van der Waals surface area (Å²) in [6, 6.07) is 12.7. The zero-order chi connectivity index (χ0) is 20.1. The fourth-order valence-electron chi connectivity index (χ4n) is 2.37. The first-order valence-corrected chi connectivity index (χ1v) is 10.2. The highest BCUT2D eigenvalue weighted by Crippen LogP contribution is 2.13. The lowest BCUT2D eigenvalue weighted by Gasteiger charge is -2.07. The Hall–Kier alpha value is -2.95. The predicted octanol–water partition coefficient (Wildman–Crippen LogP) is 1.98. The minimum absolute atomic E-state index is 0.00756. The van der Waals surface area contributed by atoms with Crippen LogP contribution in [0.2, 0.25) is 0 Å². The maximum atomic E-state index is 12.0. The molecule has 0 saturated heterocycles. The van der Waals surface area contributed by atoms with Crippen molar-refractivity contribution in [3.63, 3.8) is 0 Å². The molecule has 2 amide bonds. The van der Waals surface area contributed by atoms with Crippen molar-refractivity contribution in [1.29, 1.82) is 0 Å². The lowest BCUT2D eigenvalue weighted by molar-refractivity contribution is 0.251. The van der Waals surface area contributed by atoms with E-state index in [1.807, 2.05) is 6.07 Å². The van der Waals surface area contributed by atoms with Crippen LogP contribution in [0, 0.1) is 0 Å². The van der Waals surface area contributed by atoms with Gasteiger partial charge < -0.3 is 10.6 Å². The number of rotatable bonds is 6. The summed E-state index contributed by atoms with van der Waals surface area (Å²) in [6.07, 6.45) is 1.63. The lowest BCUT2D eigenvalue weighted by atomic mass is 10.2. The van der Waals surface area contributed by atoms with Crippen LogP contribution < -0.4 is 15.8 Å². The summed E-state index contributed by atoms with van der Waals surface area (Å²) in [5.74, 6) is 0.360. The van der Waals surface area contributed by atoms with Crippen molar-refractivity contribution in [2.75, 3.05) is 5.32 Å². The van der Waals surface area contributed by atoms with Gasteiger partial charge in [-0.3, -0.25) is 0 Å². The smallest absolute Gasteiger partial charge is 0.319 e. The third-order valence-electron chi connectivity index (χ3n) is 3.74. The second kappa shape index (κ2) is 8.38. The molecule has 1 heterocycles. The molecular formula is C17H17ClN6O3S. The van der Waals surface area contributed by atoms with Gasteiger partial charge in [-0.05, 0) is 42.0 Å². The fraction of sp³-hybridized carbons (Fsp3) is 0.118. The van der Waals surface area contributed by atoms with Crippen LogP contribution in [0.15, 0.2) is 59.6 Å². The largest absolute Gasteiger partial charge is 0.332 e. The van der Waals surface area contributed by atoms with Crippen molar-refractivity contribution >= 4 is 33.3 Å². The minimum Gasteiger partial charge on any atom is -0.332 e. The Kier molecular flexibility index (Phi) is 5.93. The average Bonchev–Trinajstić information content (AvgIpc) is 3.15. The molecule has 0 aliphatic rings. The van der Waals surface area contributed by atoms with E-state index in [9.17, 15) is 13.2 Å². The van der Waals surface area contributed by atoms with E-state index >= 15 is 0 Å². The molecule has 4 N–H and O–H groups in total. The number of alkyl halides is 1. The van der Waals surface area contributed by atoms with Gasteiger partial charge in [-0.2, -0.15) is 0 Å². The van der Waals surface area contributed by atoms with E-state index in [0.717, 1.165) is 5.56 Å². The van der Waals surface area contributed by atoms with Gasteiger partial charge in [0.1, 0.15) is 5.69 Å². The molecule has 0 unspecified atom stereocenters. The highest BCUT2D eigenvalue weighted by molar-refractivity contribution is 7.89. The first-order valence-electron chi connectivity index (χ1n) is 8.09. The molecule has 146 valence electrons. The van der Waals surface area contributed by atoms with E-state index in [1.54, 1.807) is 36.5 Å². The summed E-state index contributed by atoms with van der Waals surface area (Å²) in [7, 11) is -3.75. The SMILES string of the molecule is NS(=O)(=O)c1ccc(-n2cc(CNC(=O)Nc3cccc(CCl)c3)nn2)cc1. The van der Waals surface area contributed by atoms with Crippen molar-refractivity contribution in [2.45, 2.75) is 17.3 Å². The third kappa shape index (κ3) is 5.06. The summed E-state index contributed by atoms with van der Waals surface area (Å²) in [6.45, 7) is 0.163. The van der Waals surface area contributed by atoms with E-state index in [4.69, 9.17) is 16.7 Å². The number of nitrogens with two attached hydrogens (primary N) is 1. The van der Waals surface area contributed by atoms with Gasteiger partial charge in [0, 0.05) is 11.6 Å². The van der Waals surface area contributed by atoms with Crippen LogP contribution in [-0.4, -0.2) is 29.4 Å². The first-order chi connectivity index (χ1) is 13.3. The van der Waals surface area contributed by atoms with Gasteiger partial charge in [-0.1, -0.05) is 17.3 Å². The third-order valence-corrected chi connectivity index (χ3v) is 4.98. The molecule has 9 nitrogen and oxygen atoms in total. The molecule has 0 aliphatic carbocycles. The quantitative estimate of drug-likeness (QED) is 0.524. The number of nitrogens with zero attached hydrogens (tertiary/aromatic N) is 3. The van der Waals surface area contributed by atoms with Crippen molar-refractivity contribution in [3.8, 4) is 5.69 Å². The van der Waals surface area contributed by atoms with Crippen LogP contribution in [-0.2, 0) is 22.4 Å². The minimum atomic E-state index is -3.75. The van der Waals surface area contributed by atoms with Gasteiger partial charge in [0.05, 0.1) is 23.3 Å².